The van der Waals surface area contributed by atoms with Gasteiger partial charge in [-0.2, -0.15) is 0 Å². The van der Waals surface area contributed by atoms with E-state index in [0.29, 0.717) is 0 Å². The van der Waals surface area contributed by atoms with Crippen LogP contribution < -0.4 is 31.1 Å². The molecule has 4 aliphatic rings. The lowest BCUT2D eigenvalue weighted by molar-refractivity contribution is 0.332. The fraction of sp³-hybridized carbons (Fsp3) is 0.311. The van der Waals surface area contributed by atoms with Crippen LogP contribution >= 0.6 is 0 Å². The molecule has 0 radical (unpaired) electrons. The minimum Gasteiger partial charge on any atom is -0.311 e. The SMILES string of the molecule is Cc1cc(C)cc(N2c3cc(C)ccc3B3c4cc5c(cc4N(c4ccc6c(c4)C(C)(C)CCC6(C)C)c4cc(N(c6ccccc6)c6ccccc6)cc2c43)C(C)(C)CCC5(C)C)c1. The molecule has 0 N–H and O–H groups in total. The van der Waals surface area contributed by atoms with Gasteiger partial charge in [0.25, 0.3) is 6.71 Å². The van der Waals surface area contributed by atoms with Crippen molar-refractivity contribution < 1.29 is 0 Å². The molecule has 0 bridgehead atoms. The third-order valence-corrected chi connectivity index (χ3v) is 16.0. The van der Waals surface area contributed by atoms with E-state index in [0.717, 1.165) is 23.5 Å². The van der Waals surface area contributed by atoms with Gasteiger partial charge >= 0.3 is 0 Å². The van der Waals surface area contributed by atoms with Gasteiger partial charge in [-0.1, -0.05) is 122 Å². The zero-order valence-corrected chi connectivity index (χ0v) is 40.5. The van der Waals surface area contributed by atoms with E-state index in [-0.39, 0.29) is 28.4 Å². The van der Waals surface area contributed by atoms with Gasteiger partial charge < -0.3 is 14.7 Å². The second-order valence-corrected chi connectivity index (χ2v) is 22.6. The molecule has 0 atom stereocenters. The maximum absolute atomic E-state index is 2.69. The predicted octanol–water partition coefficient (Wildman–Crippen LogP) is 14.9. The van der Waals surface area contributed by atoms with Crippen molar-refractivity contribution in [2.24, 2.45) is 0 Å². The van der Waals surface area contributed by atoms with Crippen molar-refractivity contribution in [3.8, 4) is 0 Å². The number of benzene rings is 7. The Morgan fingerprint density at radius 1 is 0.385 bits per heavy atom. The molecular formula is C61H64BN3. The number of hydrogen-bond acceptors (Lipinski definition) is 3. The van der Waals surface area contributed by atoms with Crippen LogP contribution in [0.1, 0.15) is 120 Å². The van der Waals surface area contributed by atoms with Crippen molar-refractivity contribution in [1.29, 1.82) is 0 Å². The number of aryl methyl sites for hydroxylation is 3. The zero-order valence-electron chi connectivity index (χ0n) is 40.5. The first kappa shape index (κ1) is 41.7. The van der Waals surface area contributed by atoms with Crippen molar-refractivity contribution in [3.05, 3.63) is 178 Å². The lowest BCUT2D eigenvalue weighted by Crippen LogP contribution is -2.62. The maximum Gasteiger partial charge on any atom is 0.252 e. The first-order chi connectivity index (χ1) is 30.9. The van der Waals surface area contributed by atoms with Gasteiger partial charge in [0, 0.05) is 45.5 Å². The quantitative estimate of drug-likeness (QED) is 0.160. The molecule has 65 heavy (non-hydrogen) atoms. The topological polar surface area (TPSA) is 9.72 Å². The summed E-state index contributed by atoms with van der Waals surface area (Å²) in [5.74, 6) is 0. The summed E-state index contributed by atoms with van der Waals surface area (Å²) in [6.07, 6.45) is 4.69. The highest BCUT2D eigenvalue weighted by atomic mass is 15.2. The van der Waals surface area contributed by atoms with Crippen LogP contribution in [0.2, 0.25) is 0 Å². The predicted molar refractivity (Wildman–Crippen MR) is 280 cm³/mol. The number of nitrogens with zero attached hydrogens (tertiary/aromatic N) is 3. The van der Waals surface area contributed by atoms with Crippen LogP contribution in [0.5, 0.6) is 0 Å². The Labute approximate surface area is 389 Å². The highest BCUT2D eigenvalue weighted by Crippen LogP contribution is 2.54. The van der Waals surface area contributed by atoms with E-state index in [9.17, 15) is 0 Å². The second-order valence-electron chi connectivity index (χ2n) is 22.6. The molecule has 0 fully saturated rings. The molecule has 2 aliphatic carbocycles. The molecule has 7 aromatic carbocycles. The summed E-state index contributed by atoms with van der Waals surface area (Å²) in [5.41, 5.74) is 25.0. The van der Waals surface area contributed by atoms with Crippen LogP contribution in [0.4, 0.5) is 51.2 Å². The van der Waals surface area contributed by atoms with Crippen molar-refractivity contribution in [1.82, 2.24) is 0 Å². The zero-order chi connectivity index (χ0) is 45.4. The smallest absolute Gasteiger partial charge is 0.252 e. The summed E-state index contributed by atoms with van der Waals surface area (Å²) in [7, 11) is 0. The minimum absolute atomic E-state index is 0.0269. The minimum atomic E-state index is 0.0269. The largest absolute Gasteiger partial charge is 0.311 e. The van der Waals surface area contributed by atoms with E-state index in [4.69, 9.17) is 0 Å². The molecule has 0 aromatic heterocycles. The number of anilines is 9. The first-order valence-electron chi connectivity index (χ1n) is 24.1. The average Bonchev–Trinajstić information content (AvgIpc) is 3.27. The van der Waals surface area contributed by atoms with E-state index in [2.05, 4.69) is 230 Å². The fourth-order valence-electron chi connectivity index (χ4n) is 12.2. The summed E-state index contributed by atoms with van der Waals surface area (Å²) in [5, 5.41) is 0. The standard InChI is InChI=1S/C61H64BN3/c1-39-22-25-51-53(33-39)65(45-31-40(2)30-41(3)32-45)56-36-46(63(42-18-14-12-15-19-42)43-20-16-13-17-21-43)35-55-57(56)62(51)52-37-49-50(61(10,11)29-28-60(49,8)9)38-54(52)64(55)44-23-24-47-48(34-44)59(6,7)27-26-58(47,4)5/h12-25,30-38H,26-29H2,1-11H3. The van der Waals surface area contributed by atoms with Crippen molar-refractivity contribution in [2.75, 3.05) is 14.7 Å². The number of fused-ring (bicyclic) bond motifs is 6. The Morgan fingerprint density at radius 2 is 0.877 bits per heavy atom. The third kappa shape index (κ3) is 6.60. The number of para-hydroxylation sites is 2. The molecule has 0 unspecified atom stereocenters. The molecule has 0 saturated heterocycles. The molecule has 7 aromatic rings. The summed E-state index contributed by atoms with van der Waals surface area (Å²) < 4.78 is 0. The Hall–Kier alpha value is -6.00. The van der Waals surface area contributed by atoms with Gasteiger partial charge in [0.05, 0.1) is 5.69 Å². The van der Waals surface area contributed by atoms with Crippen LogP contribution in [0.15, 0.2) is 140 Å². The van der Waals surface area contributed by atoms with Crippen LogP contribution in [0, 0.1) is 20.8 Å². The normalized spacial score (nSPS) is 17.9. The Balaban J connectivity index is 1.30. The van der Waals surface area contributed by atoms with Crippen molar-refractivity contribution in [2.45, 2.75) is 124 Å². The average molecular weight is 850 g/mol. The molecule has 3 nitrogen and oxygen atoms in total. The molecular weight excluding hydrogens is 786 g/mol. The second kappa shape index (κ2) is 14.5. The third-order valence-electron chi connectivity index (χ3n) is 16.0. The van der Waals surface area contributed by atoms with Gasteiger partial charge in [0.15, 0.2) is 0 Å². The summed E-state index contributed by atoms with van der Waals surface area (Å²) in [6.45, 7) is 26.5. The first-order valence-corrected chi connectivity index (χ1v) is 24.1. The summed E-state index contributed by atoms with van der Waals surface area (Å²) >= 11 is 0. The van der Waals surface area contributed by atoms with E-state index < -0.39 is 0 Å². The molecule has 0 amide bonds. The molecule has 0 spiro atoms. The molecule has 326 valence electrons. The number of rotatable bonds is 5. The fourth-order valence-corrected chi connectivity index (χ4v) is 12.2. The molecule has 0 saturated carbocycles. The lowest BCUT2D eigenvalue weighted by atomic mass is 9.33. The van der Waals surface area contributed by atoms with E-state index >= 15 is 0 Å². The molecule has 4 heteroatoms. The Morgan fingerprint density at radius 3 is 1.45 bits per heavy atom. The molecule has 11 rings (SSSR count). The van der Waals surface area contributed by atoms with Gasteiger partial charge in [-0.25, -0.2) is 0 Å². The lowest BCUT2D eigenvalue weighted by Gasteiger charge is -2.48. The van der Waals surface area contributed by atoms with Gasteiger partial charge in [-0.3, -0.25) is 0 Å². The maximum atomic E-state index is 2.69. The molecule has 2 aliphatic heterocycles. The van der Waals surface area contributed by atoms with Gasteiger partial charge in [-0.05, 0) is 196 Å². The van der Waals surface area contributed by atoms with Gasteiger partial charge in [-0.15, -0.1) is 0 Å². The van der Waals surface area contributed by atoms with Crippen LogP contribution in [-0.4, -0.2) is 6.71 Å². The van der Waals surface area contributed by atoms with Crippen molar-refractivity contribution >= 4 is 74.3 Å². The van der Waals surface area contributed by atoms with E-state index in [1.807, 2.05) is 0 Å². The highest BCUT2D eigenvalue weighted by molar-refractivity contribution is 7.00. The monoisotopic (exact) mass is 850 g/mol. The Bertz CT molecular complexity index is 2990. The van der Waals surface area contributed by atoms with Crippen molar-refractivity contribution in [3.63, 3.8) is 0 Å². The highest BCUT2D eigenvalue weighted by Gasteiger charge is 2.47. The Kier molecular flexibility index (Phi) is 9.30. The van der Waals surface area contributed by atoms with Gasteiger partial charge in [0.1, 0.15) is 0 Å². The van der Waals surface area contributed by atoms with Crippen LogP contribution in [-0.2, 0) is 21.7 Å². The van der Waals surface area contributed by atoms with Gasteiger partial charge in [0.2, 0.25) is 0 Å². The molecule has 2 heterocycles. The van der Waals surface area contributed by atoms with Crippen LogP contribution in [0.25, 0.3) is 0 Å². The van der Waals surface area contributed by atoms with E-state index in [1.165, 1.54) is 109 Å². The van der Waals surface area contributed by atoms with Crippen LogP contribution in [0.3, 0.4) is 0 Å². The number of hydrogen-bond donors (Lipinski definition) is 0. The summed E-state index contributed by atoms with van der Waals surface area (Å²) in [4.78, 5) is 7.75. The van der Waals surface area contributed by atoms with E-state index in [1.54, 1.807) is 0 Å². The summed E-state index contributed by atoms with van der Waals surface area (Å²) in [6, 6.07) is 54.0.